The Kier molecular flexibility index (Phi) is 8.82. The summed E-state index contributed by atoms with van der Waals surface area (Å²) in [5.41, 5.74) is -0.520. The average Bonchev–Trinajstić information content (AvgIpc) is 2.90. The average molecular weight is 540 g/mol. The first kappa shape index (κ1) is 27.8. The van der Waals surface area contributed by atoms with Crippen molar-refractivity contribution >= 4 is 17.5 Å². The van der Waals surface area contributed by atoms with Crippen LogP contribution in [0, 0.1) is 5.92 Å². The Morgan fingerprint density at radius 3 is 2.55 bits per heavy atom. The van der Waals surface area contributed by atoms with Gasteiger partial charge in [0.05, 0.1) is 32.1 Å². The predicted molar refractivity (Wildman–Crippen MR) is 133 cm³/mol. The van der Waals surface area contributed by atoms with Crippen LogP contribution < -0.4 is 26.2 Å². The highest BCUT2D eigenvalue weighted by Gasteiger charge is 2.47. The number of H-pyrrole nitrogens is 1. The Morgan fingerprint density at radius 1 is 1.18 bits per heavy atom. The number of halogens is 3. The lowest BCUT2D eigenvalue weighted by atomic mass is 9.93. The van der Waals surface area contributed by atoms with Gasteiger partial charge in [0.1, 0.15) is 11.9 Å². The zero-order chi connectivity index (χ0) is 27.3. The van der Waals surface area contributed by atoms with Crippen LogP contribution in [-0.4, -0.2) is 83.0 Å². The number of piperidine rings is 1. The number of ether oxygens (including phenoxy) is 1. The van der Waals surface area contributed by atoms with Gasteiger partial charge >= 0.3 is 6.18 Å². The van der Waals surface area contributed by atoms with E-state index in [2.05, 4.69) is 20.3 Å². The van der Waals surface area contributed by atoms with E-state index in [0.29, 0.717) is 51.5 Å². The van der Waals surface area contributed by atoms with Gasteiger partial charge in [0.25, 0.3) is 11.1 Å². The maximum atomic E-state index is 13.9. The second-order valence-electron chi connectivity index (χ2n) is 9.59. The minimum Gasteiger partial charge on any atom is -0.377 e. The number of rotatable bonds is 4. The number of aromatic amines is 1. The fourth-order valence-corrected chi connectivity index (χ4v) is 4.94. The lowest BCUT2D eigenvalue weighted by Crippen LogP contribution is -2.55. The number of nitrogens with zero attached hydrogens (tertiary/aromatic N) is 5. The molecule has 208 valence electrons. The van der Waals surface area contributed by atoms with Crippen LogP contribution in [0.2, 0.25) is 0 Å². The largest absolute Gasteiger partial charge is 0.408 e. The molecule has 38 heavy (non-hydrogen) atoms. The number of morpholine rings is 1. The van der Waals surface area contributed by atoms with Crippen LogP contribution >= 0.6 is 0 Å². The highest BCUT2D eigenvalue weighted by atomic mass is 19.4. The molecule has 5 heterocycles. The molecule has 0 radical (unpaired) electrons. The summed E-state index contributed by atoms with van der Waals surface area (Å²) in [7, 11) is 0. The van der Waals surface area contributed by atoms with Crippen molar-refractivity contribution in [3.8, 4) is 0 Å². The van der Waals surface area contributed by atoms with Gasteiger partial charge in [-0.25, -0.2) is 4.98 Å². The third-order valence-electron chi connectivity index (χ3n) is 6.99. The maximum absolute atomic E-state index is 13.9. The van der Waals surface area contributed by atoms with Gasteiger partial charge in [0, 0.05) is 37.3 Å². The first-order valence-corrected chi connectivity index (χ1v) is 12.7. The number of hydrogen-bond acceptors (Lipinski definition) is 9. The molecule has 0 unspecified atom stereocenters. The van der Waals surface area contributed by atoms with Crippen LogP contribution in [0.1, 0.15) is 26.2 Å². The van der Waals surface area contributed by atoms with Crippen molar-refractivity contribution in [1.82, 2.24) is 24.8 Å². The summed E-state index contributed by atoms with van der Waals surface area (Å²) >= 11 is 0. The number of hydrogen-bond donors (Lipinski definition) is 2. The van der Waals surface area contributed by atoms with E-state index in [1.54, 1.807) is 0 Å². The Labute approximate surface area is 217 Å². The molecule has 2 aromatic heterocycles. The Hall–Kier alpha value is -3.26. The first-order chi connectivity index (χ1) is 18.1. The highest BCUT2D eigenvalue weighted by Crippen LogP contribution is 2.35. The van der Waals surface area contributed by atoms with Gasteiger partial charge in [-0.1, -0.05) is 0 Å². The standard InChI is InChI=1S/C20H28F3N5O3.C4H4N2O/c1-13-12-31-9-8-26(13)17-10-18(30)27-7-4-16(20(21,22)23)28(19(27)25-17)11-15(29)14-2-5-24-6-3-14;7-4-1-2-5-3-6-4/h10,13-14,16,24H,2-9,11-12H2,1H3;1-3H,(H,5,6,7)/t13-,16+;/m1./s1. The number of fused-ring (bicyclic) bond motifs is 1. The normalized spacial score (nSPS) is 22.3. The molecule has 11 nitrogen and oxygen atoms in total. The highest BCUT2D eigenvalue weighted by molar-refractivity contribution is 5.85. The Bertz CT molecular complexity index is 1190. The molecule has 2 N–H and O–H groups in total. The molecule has 0 spiro atoms. The van der Waals surface area contributed by atoms with Crippen molar-refractivity contribution in [2.45, 2.75) is 51.0 Å². The quantitative estimate of drug-likeness (QED) is 0.584. The number of nitrogens with one attached hydrogen (secondary N) is 2. The zero-order valence-corrected chi connectivity index (χ0v) is 21.1. The second-order valence-corrected chi connectivity index (χ2v) is 9.59. The van der Waals surface area contributed by atoms with Gasteiger partial charge in [-0.15, -0.1) is 0 Å². The predicted octanol–water partition coefficient (Wildman–Crippen LogP) is 0.948. The second kappa shape index (κ2) is 12.1. The molecule has 14 heteroatoms. The zero-order valence-electron chi connectivity index (χ0n) is 21.1. The fourth-order valence-electron chi connectivity index (χ4n) is 4.94. The molecule has 2 fully saturated rings. The molecule has 2 aromatic rings. The fraction of sp³-hybridized carbons (Fsp3) is 0.625. The molecule has 0 amide bonds. The van der Waals surface area contributed by atoms with Crippen molar-refractivity contribution in [2.75, 3.05) is 49.2 Å². The smallest absolute Gasteiger partial charge is 0.377 e. The summed E-state index contributed by atoms with van der Waals surface area (Å²) in [4.78, 5) is 49.2. The summed E-state index contributed by atoms with van der Waals surface area (Å²) in [5, 5.41) is 3.16. The topological polar surface area (TPSA) is 125 Å². The number of ketones is 1. The number of carbonyl (C=O) groups is 1. The lowest BCUT2D eigenvalue weighted by molar-refractivity contribution is -0.153. The number of carbonyl (C=O) groups excluding carboxylic acids is 1. The van der Waals surface area contributed by atoms with Crippen molar-refractivity contribution in [2.24, 2.45) is 5.92 Å². The molecule has 0 aliphatic carbocycles. The van der Waals surface area contributed by atoms with E-state index < -0.39 is 24.3 Å². The van der Waals surface area contributed by atoms with Crippen molar-refractivity contribution < 1.29 is 22.7 Å². The molecular weight excluding hydrogens is 507 g/mol. The molecular formula is C24H32F3N7O4. The van der Waals surface area contributed by atoms with E-state index in [0.717, 1.165) is 4.90 Å². The molecule has 0 aromatic carbocycles. The summed E-state index contributed by atoms with van der Waals surface area (Å²) in [6, 6.07) is 0.824. The summed E-state index contributed by atoms with van der Waals surface area (Å²) in [6.45, 7) is 4.17. The molecule has 2 atom stereocenters. The van der Waals surface area contributed by atoms with Gasteiger partial charge in [-0.3, -0.25) is 19.0 Å². The van der Waals surface area contributed by atoms with E-state index >= 15 is 0 Å². The van der Waals surface area contributed by atoms with Crippen LogP contribution in [0.25, 0.3) is 0 Å². The van der Waals surface area contributed by atoms with E-state index in [1.165, 1.54) is 29.2 Å². The molecule has 0 saturated carbocycles. The van der Waals surface area contributed by atoms with Crippen LogP contribution in [0.5, 0.6) is 0 Å². The van der Waals surface area contributed by atoms with Crippen molar-refractivity contribution in [3.05, 3.63) is 45.4 Å². The van der Waals surface area contributed by atoms with Crippen LogP contribution in [-0.2, 0) is 16.1 Å². The number of Topliss-reactive ketones (excluding diaryl/α,β-unsaturated/α-hetero) is 1. The summed E-state index contributed by atoms with van der Waals surface area (Å²) in [6.07, 6.45) is -0.810. The van der Waals surface area contributed by atoms with Crippen molar-refractivity contribution in [3.63, 3.8) is 0 Å². The molecule has 3 aliphatic rings. The van der Waals surface area contributed by atoms with E-state index in [9.17, 15) is 27.6 Å². The third kappa shape index (κ3) is 6.59. The minimum absolute atomic E-state index is 0.0597. The number of aromatic nitrogens is 4. The van der Waals surface area contributed by atoms with Gasteiger partial charge in [0.15, 0.2) is 5.78 Å². The molecule has 0 bridgehead atoms. The lowest BCUT2D eigenvalue weighted by Gasteiger charge is -2.40. The van der Waals surface area contributed by atoms with Crippen LogP contribution in [0.4, 0.5) is 24.9 Å². The van der Waals surface area contributed by atoms with Gasteiger partial charge in [-0.2, -0.15) is 18.2 Å². The Morgan fingerprint density at radius 2 is 1.95 bits per heavy atom. The monoisotopic (exact) mass is 539 g/mol. The molecule has 5 rings (SSSR count). The van der Waals surface area contributed by atoms with Gasteiger partial charge < -0.3 is 24.8 Å². The third-order valence-corrected chi connectivity index (χ3v) is 6.99. The number of anilines is 2. The minimum atomic E-state index is -4.53. The Balaban J connectivity index is 0.000000417. The van der Waals surface area contributed by atoms with E-state index in [-0.39, 0.29) is 42.2 Å². The molecule has 3 aliphatic heterocycles. The summed E-state index contributed by atoms with van der Waals surface area (Å²) in [5.74, 6) is -0.255. The van der Waals surface area contributed by atoms with Gasteiger partial charge in [0.2, 0.25) is 5.95 Å². The van der Waals surface area contributed by atoms with Gasteiger partial charge in [-0.05, 0) is 39.3 Å². The molecule has 2 saturated heterocycles. The number of alkyl halides is 3. The van der Waals surface area contributed by atoms with E-state index in [1.807, 2.05) is 11.8 Å². The SMILES string of the molecule is C[C@@H]1COCCN1c1cc(=O)n2c(n1)N(CC(=O)C1CCNCC1)[C@H](C(F)(F)F)CC2.O=c1ccnc[nH]1. The van der Waals surface area contributed by atoms with E-state index in [4.69, 9.17) is 4.74 Å². The first-order valence-electron chi connectivity index (χ1n) is 12.7. The van der Waals surface area contributed by atoms with Crippen molar-refractivity contribution in [1.29, 1.82) is 0 Å². The summed E-state index contributed by atoms with van der Waals surface area (Å²) < 4.78 is 48.3. The van der Waals surface area contributed by atoms with Crippen LogP contribution in [0.15, 0.2) is 34.2 Å². The maximum Gasteiger partial charge on any atom is 0.408 e. The van der Waals surface area contributed by atoms with Crippen LogP contribution in [0.3, 0.4) is 0 Å².